The molecule has 0 saturated carbocycles. The Balaban J connectivity index is 2.87. The van der Waals surface area contributed by atoms with Crippen molar-refractivity contribution >= 4 is 21.4 Å². The molecule has 0 spiro atoms. The summed E-state index contributed by atoms with van der Waals surface area (Å²) in [6.07, 6.45) is 1.37. The molecule has 1 heterocycles. The van der Waals surface area contributed by atoms with Gasteiger partial charge < -0.3 is 5.73 Å². The maximum Gasteiger partial charge on any atom is 0.251 e. The van der Waals surface area contributed by atoms with Crippen LogP contribution >= 0.6 is 11.3 Å². The molecule has 7 heteroatoms. The number of aryl methyl sites for hydroxylation is 1. The maximum atomic E-state index is 11.9. The SMILES string of the molecule is Cc1ncc(S(=O)(=O)NC(CN)C(C)C)s1. The van der Waals surface area contributed by atoms with Crippen LogP contribution in [0.5, 0.6) is 0 Å². The molecule has 3 N–H and O–H groups in total. The van der Waals surface area contributed by atoms with Crippen LogP contribution in [-0.4, -0.2) is 26.0 Å². The molecule has 0 aliphatic heterocycles. The molecule has 0 fully saturated rings. The summed E-state index contributed by atoms with van der Waals surface area (Å²) in [5, 5.41) is 0.731. The van der Waals surface area contributed by atoms with Crippen molar-refractivity contribution in [2.75, 3.05) is 6.54 Å². The lowest BCUT2D eigenvalue weighted by atomic mass is 10.1. The van der Waals surface area contributed by atoms with E-state index in [-0.39, 0.29) is 22.7 Å². The van der Waals surface area contributed by atoms with E-state index in [0.29, 0.717) is 0 Å². The third-order valence-corrected chi connectivity index (χ3v) is 5.09. The maximum absolute atomic E-state index is 11.9. The average Bonchev–Trinajstić information content (AvgIpc) is 2.61. The van der Waals surface area contributed by atoms with Gasteiger partial charge in [0.25, 0.3) is 10.0 Å². The summed E-state index contributed by atoms with van der Waals surface area (Å²) in [6.45, 7) is 5.91. The van der Waals surface area contributed by atoms with E-state index in [9.17, 15) is 8.42 Å². The van der Waals surface area contributed by atoms with Crippen molar-refractivity contribution in [3.63, 3.8) is 0 Å². The highest BCUT2D eigenvalue weighted by Gasteiger charge is 2.22. The Hall–Kier alpha value is -0.500. The van der Waals surface area contributed by atoms with Crippen molar-refractivity contribution in [2.45, 2.75) is 31.0 Å². The van der Waals surface area contributed by atoms with Gasteiger partial charge in [-0.3, -0.25) is 0 Å². The van der Waals surface area contributed by atoms with Crippen molar-refractivity contribution in [1.82, 2.24) is 9.71 Å². The minimum Gasteiger partial charge on any atom is -0.329 e. The number of aromatic nitrogens is 1. The summed E-state index contributed by atoms with van der Waals surface area (Å²) in [6, 6.07) is -0.243. The zero-order chi connectivity index (χ0) is 12.3. The summed E-state index contributed by atoms with van der Waals surface area (Å²) in [5.74, 6) is 0.161. The standard InChI is InChI=1S/C9H17N3O2S2/c1-6(2)8(4-10)12-16(13,14)9-5-11-7(3)15-9/h5-6,8,12H,4,10H2,1-3H3. The van der Waals surface area contributed by atoms with Gasteiger partial charge in [-0.15, -0.1) is 11.3 Å². The van der Waals surface area contributed by atoms with E-state index in [4.69, 9.17) is 5.73 Å². The summed E-state index contributed by atoms with van der Waals surface area (Å²) in [7, 11) is -3.47. The van der Waals surface area contributed by atoms with Crippen molar-refractivity contribution in [2.24, 2.45) is 11.7 Å². The van der Waals surface area contributed by atoms with Gasteiger partial charge in [-0.05, 0) is 12.8 Å². The Bertz CT molecular complexity index is 439. The van der Waals surface area contributed by atoms with Crippen LogP contribution in [0.15, 0.2) is 10.4 Å². The Morgan fingerprint density at radius 1 is 1.56 bits per heavy atom. The summed E-state index contributed by atoms with van der Waals surface area (Å²) >= 11 is 1.16. The number of thiazole rings is 1. The third kappa shape index (κ3) is 3.24. The Morgan fingerprint density at radius 3 is 2.56 bits per heavy atom. The zero-order valence-corrected chi connectivity index (χ0v) is 11.2. The van der Waals surface area contributed by atoms with Crippen molar-refractivity contribution in [3.8, 4) is 0 Å². The van der Waals surface area contributed by atoms with E-state index >= 15 is 0 Å². The molecule has 0 radical (unpaired) electrons. The lowest BCUT2D eigenvalue weighted by Crippen LogP contribution is -2.43. The predicted molar refractivity (Wildman–Crippen MR) is 64.9 cm³/mol. The number of sulfonamides is 1. The van der Waals surface area contributed by atoms with Gasteiger partial charge in [0.05, 0.1) is 11.2 Å². The second kappa shape index (κ2) is 5.22. The molecule has 0 saturated heterocycles. The normalized spacial score (nSPS) is 14.3. The van der Waals surface area contributed by atoms with Gasteiger partial charge in [-0.25, -0.2) is 18.1 Å². The Kier molecular flexibility index (Phi) is 4.43. The summed E-state index contributed by atoms with van der Waals surface area (Å²) in [5.41, 5.74) is 5.53. The van der Waals surface area contributed by atoms with Crippen molar-refractivity contribution < 1.29 is 8.42 Å². The lowest BCUT2D eigenvalue weighted by molar-refractivity contribution is 0.455. The van der Waals surface area contributed by atoms with Gasteiger partial charge in [0.2, 0.25) is 0 Å². The van der Waals surface area contributed by atoms with Gasteiger partial charge >= 0.3 is 0 Å². The van der Waals surface area contributed by atoms with Crippen LogP contribution in [0.25, 0.3) is 0 Å². The van der Waals surface area contributed by atoms with E-state index in [1.54, 1.807) is 6.92 Å². The first-order valence-electron chi connectivity index (χ1n) is 5.01. The average molecular weight is 263 g/mol. The first kappa shape index (κ1) is 13.6. The first-order chi connectivity index (χ1) is 7.36. The lowest BCUT2D eigenvalue weighted by Gasteiger charge is -2.19. The van der Waals surface area contributed by atoms with E-state index in [2.05, 4.69) is 9.71 Å². The highest BCUT2D eigenvalue weighted by molar-refractivity contribution is 7.91. The fourth-order valence-corrected chi connectivity index (χ4v) is 3.70. The predicted octanol–water partition coefficient (Wildman–Crippen LogP) is 0.713. The number of nitrogens with zero attached hydrogens (tertiary/aromatic N) is 1. The van der Waals surface area contributed by atoms with Crippen LogP contribution in [0, 0.1) is 12.8 Å². The molecule has 0 bridgehead atoms. The van der Waals surface area contributed by atoms with E-state index < -0.39 is 10.0 Å². The molecule has 0 amide bonds. The molecule has 5 nitrogen and oxygen atoms in total. The molecular weight excluding hydrogens is 246 g/mol. The van der Waals surface area contributed by atoms with Crippen molar-refractivity contribution in [3.05, 3.63) is 11.2 Å². The number of nitrogens with two attached hydrogens (primary N) is 1. The van der Waals surface area contributed by atoms with Gasteiger partial charge in [0.15, 0.2) is 4.21 Å². The Labute approximate surface area is 100 Å². The molecule has 0 aromatic carbocycles. The van der Waals surface area contributed by atoms with Crippen LogP contribution < -0.4 is 10.5 Å². The topological polar surface area (TPSA) is 85.1 Å². The van der Waals surface area contributed by atoms with Crippen LogP contribution in [0.3, 0.4) is 0 Å². The first-order valence-corrected chi connectivity index (χ1v) is 7.31. The molecule has 0 aliphatic rings. The van der Waals surface area contributed by atoms with Gasteiger partial charge in [0.1, 0.15) is 0 Å². The molecule has 1 atom stereocenters. The largest absolute Gasteiger partial charge is 0.329 e. The summed E-state index contributed by atoms with van der Waals surface area (Å²) in [4.78, 5) is 3.93. The minimum absolute atomic E-state index is 0.161. The van der Waals surface area contributed by atoms with E-state index in [1.807, 2.05) is 13.8 Å². The molecule has 0 aliphatic carbocycles. The number of rotatable bonds is 5. The fraction of sp³-hybridized carbons (Fsp3) is 0.667. The van der Waals surface area contributed by atoms with Crippen LogP contribution in [0.4, 0.5) is 0 Å². The molecule has 92 valence electrons. The van der Waals surface area contributed by atoms with Gasteiger partial charge in [0, 0.05) is 12.6 Å². The monoisotopic (exact) mass is 263 g/mol. The quantitative estimate of drug-likeness (QED) is 0.819. The van der Waals surface area contributed by atoms with E-state index in [0.717, 1.165) is 16.3 Å². The van der Waals surface area contributed by atoms with Crippen LogP contribution in [0.1, 0.15) is 18.9 Å². The molecular formula is C9H17N3O2S2. The van der Waals surface area contributed by atoms with Crippen molar-refractivity contribution in [1.29, 1.82) is 0 Å². The zero-order valence-electron chi connectivity index (χ0n) is 9.60. The summed E-state index contributed by atoms with van der Waals surface area (Å²) < 4.78 is 26.7. The molecule has 1 aromatic heterocycles. The highest BCUT2D eigenvalue weighted by atomic mass is 32.2. The molecule has 1 aromatic rings. The Morgan fingerprint density at radius 2 is 2.19 bits per heavy atom. The second-order valence-corrected chi connectivity index (χ2v) is 7.08. The van der Waals surface area contributed by atoms with E-state index in [1.165, 1.54) is 6.20 Å². The van der Waals surface area contributed by atoms with Crippen LogP contribution in [0.2, 0.25) is 0 Å². The number of hydrogen-bond acceptors (Lipinski definition) is 5. The molecule has 1 unspecified atom stereocenters. The van der Waals surface area contributed by atoms with Crippen LogP contribution in [-0.2, 0) is 10.0 Å². The smallest absolute Gasteiger partial charge is 0.251 e. The highest BCUT2D eigenvalue weighted by Crippen LogP contribution is 2.18. The van der Waals surface area contributed by atoms with Gasteiger partial charge in [-0.2, -0.15) is 0 Å². The molecule has 1 rings (SSSR count). The third-order valence-electron chi connectivity index (χ3n) is 2.23. The minimum atomic E-state index is -3.47. The molecule has 16 heavy (non-hydrogen) atoms. The number of nitrogens with one attached hydrogen (secondary N) is 1. The van der Waals surface area contributed by atoms with Gasteiger partial charge in [-0.1, -0.05) is 13.8 Å². The second-order valence-electron chi connectivity index (χ2n) is 3.91. The number of hydrogen-bond donors (Lipinski definition) is 2. The fourth-order valence-electron chi connectivity index (χ4n) is 1.18.